The lowest BCUT2D eigenvalue weighted by atomic mass is 10.0. The van der Waals surface area contributed by atoms with Gasteiger partial charge in [0.2, 0.25) is 0 Å². The van der Waals surface area contributed by atoms with E-state index in [9.17, 15) is 4.79 Å². The number of nitrogens with zero attached hydrogens (tertiary/aromatic N) is 4. The monoisotopic (exact) mass is 361 g/mol. The van der Waals surface area contributed by atoms with E-state index in [2.05, 4.69) is 20.3 Å². The van der Waals surface area contributed by atoms with E-state index in [1.807, 2.05) is 42.0 Å². The lowest BCUT2D eigenvalue weighted by Crippen LogP contribution is -2.18. The number of allylic oxidation sites excluding steroid dienone is 2. The summed E-state index contributed by atoms with van der Waals surface area (Å²) in [4.78, 5) is 25.9. The van der Waals surface area contributed by atoms with Gasteiger partial charge in [-0.05, 0) is 43.2 Å². The van der Waals surface area contributed by atoms with Crippen molar-refractivity contribution in [1.82, 2.24) is 19.5 Å². The van der Waals surface area contributed by atoms with Crippen LogP contribution in [-0.2, 0) is 16.6 Å². The van der Waals surface area contributed by atoms with E-state index < -0.39 is 0 Å². The number of amides is 1. The zero-order valence-corrected chi connectivity index (χ0v) is 15.1. The first-order valence-corrected chi connectivity index (χ1v) is 8.67. The second-order valence-electron chi connectivity index (χ2n) is 6.20. The zero-order chi connectivity index (χ0) is 18.8. The fraction of sp³-hybridized carbons (Fsp3) is 0.200. The van der Waals surface area contributed by atoms with Gasteiger partial charge in [0.05, 0.1) is 12.7 Å². The molecule has 1 aliphatic carbocycles. The molecule has 0 fully saturated rings. The summed E-state index contributed by atoms with van der Waals surface area (Å²) < 4.78 is 7.19. The van der Waals surface area contributed by atoms with Crippen molar-refractivity contribution in [1.29, 1.82) is 0 Å². The van der Waals surface area contributed by atoms with Crippen LogP contribution in [0.4, 0.5) is 5.82 Å². The molecule has 0 aromatic carbocycles. The van der Waals surface area contributed by atoms with Gasteiger partial charge in [-0.3, -0.25) is 9.78 Å². The fourth-order valence-corrected chi connectivity index (χ4v) is 3.12. The van der Waals surface area contributed by atoms with E-state index in [1.165, 1.54) is 0 Å². The SMILES string of the molecule is COC1=CCCC=C1C(=O)Nc1ccc2nc(-c3cccnc3)n(C)c2n1. The molecule has 0 radical (unpaired) electrons. The minimum atomic E-state index is -0.232. The number of hydrogen-bond acceptors (Lipinski definition) is 5. The Labute approximate surface area is 156 Å². The van der Waals surface area contributed by atoms with Crippen molar-refractivity contribution in [3.05, 3.63) is 60.1 Å². The minimum absolute atomic E-state index is 0.232. The van der Waals surface area contributed by atoms with E-state index in [-0.39, 0.29) is 5.91 Å². The summed E-state index contributed by atoms with van der Waals surface area (Å²) >= 11 is 0. The molecule has 136 valence electrons. The number of fused-ring (bicyclic) bond motifs is 1. The Hall–Kier alpha value is -3.48. The normalized spacial score (nSPS) is 13.9. The minimum Gasteiger partial charge on any atom is -0.496 e. The lowest BCUT2D eigenvalue weighted by molar-refractivity contribution is -0.113. The first-order valence-electron chi connectivity index (χ1n) is 8.67. The van der Waals surface area contributed by atoms with Crippen molar-refractivity contribution in [2.45, 2.75) is 12.8 Å². The number of imidazole rings is 1. The highest BCUT2D eigenvalue weighted by molar-refractivity contribution is 6.06. The van der Waals surface area contributed by atoms with Crippen molar-refractivity contribution in [2.24, 2.45) is 7.05 Å². The summed E-state index contributed by atoms with van der Waals surface area (Å²) in [6.45, 7) is 0. The van der Waals surface area contributed by atoms with Crippen molar-refractivity contribution < 1.29 is 9.53 Å². The maximum atomic E-state index is 12.6. The predicted molar refractivity (Wildman–Crippen MR) is 103 cm³/mol. The number of methoxy groups -OCH3 is 1. The highest BCUT2D eigenvalue weighted by Gasteiger charge is 2.19. The fourth-order valence-electron chi connectivity index (χ4n) is 3.12. The van der Waals surface area contributed by atoms with Crippen LogP contribution in [0.1, 0.15) is 12.8 Å². The van der Waals surface area contributed by atoms with Crippen LogP contribution in [0.5, 0.6) is 0 Å². The van der Waals surface area contributed by atoms with Crippen LogP contribution in [0.15, 0.2) is 60.1 Å². The molecule has 4 rings (SSSR count). The van der Waals surface area contributed by atoms with Gasteiger partial charge < -0.3 is 14.6 Å². The Kier molecular flexibility index (Phi) is 4.42. The average Bonchev–Trinajstić information content (AvgIpc) is 3.05. The van der Waals surface area contributed by atoms with Gasteiger partial charge in [-0.1, -0.05) is 6.08 Å². The Balaban J connectivity index is 1.64. The molecule has 1 amide bonds. The Morgan fingerprint density at radius 1 is 1.19 bits per heavy atom. The first-order chi connectivity index (χ1) is 13.2. The van der Waals surface area contributed by atoms with E-state index >= 15 is 0 Å². The van der Waals surface area contributed by atoms with Crippen LogP contribution in [0.3, 0.4) is 0 Å². The highest BCUT2D eigenvalue weighted by atomic mass is 16.5. The summed E-state index contributed by atoms with van der Waals surface area (Å²) in [5.74, 6) is 1.60. The molecular weight excluding hydrogens is 342 g/mol. The number of nitrogens with one attached hydrogen (secondary N) is 1. The van der Waals surface area contributed by atoms with Gasteiger partial charge in [-0.2, -0.15) is 0 Å². The van der Waals surface area contributed by atoms with Gasteiger partial charge in [0, 0.05) is 25.0 Å². The molecule has 0 bridgehead atoms. The number of rotatable bonds is 4. The van der Waals surface area contributed by atoms with E-state index in [4.69, 9.17) is 4.74 Å². The lowest BCUT2D eigenvalue weighted by Gasteiger charge is -2.14. The van der Waals surface area contributed by atoms with Gasteiger partial charge in [0.15, 0.2) is 5.65 Å². The number of aromatic nitrogens is 4. The van der Waals surface area contributed by atoms with Crippen LogP contribution < -0.4 is 5.32 Å². The molecule has 0 spiro atoms. The maximum absolute atomic E-state index is 12.6. The van der Waals surface area contributed by atoms with Crippen molar-refractivity contribution in [3.8, 4) is 11.4 Å². The van der Waals surface area contributed by atoms with Gasteiger partial charge in [0.1, 0.15) is 22.9 Å². The van der Waals surface area contributed by atoms with Crippen LogP contribution >= 0.6 is 0 Å². The highest BCUT2D eigenvalue weighted by Crippen LogP contribution is 2.24. The van der Waals surface area contributed by atoms with E-state index in [0.717, 1.165) is 29.7 Å². The second-order valence-corrected chi connectivity index (χ2v) is 6.20. The smallest absolute Gasteiger partial charge is 0.260 e. The third-order valence-electron chi connectivity index (χ3n) is 4.45. The number of carbonyl (C=O) groups is 1. The van der Waals surface area contributed by atoms with Crippen LogP contribution in [-0.4, -0.2) is 32.5 Å². The second kappa shape index (κ2) is 7.03. The molecule has 0 saturated heterocycles. The third-order valence-corrected chi connectivity index (χ3v) is 4.45. The molecular formula is C20H19N5O2. The first kappa shape index (κ1) is 17.0. The summed E-state index contributed by atoms with van der Waals surface area (Å²) in [5, 5.41) is 2.85. The number of aryl methyl sites for hydroxylation is 1. The maximum Gasteiger partial charge on any atom is 0.260 e. The summed E-state index contributed by atoms with van der Waals surface area (Å²) in [6.07, 6.45) is 8.98. The molecule has 0 unspecified atom stereocenters. The predicted octanol–water partition coefficient (Wildman–Crippen LogP) is 3.22. The van der Waals surface area contributed by atoms with Gasteiger partial charge in [-0.25, -0.2) is 9.97 Å². The molecule has 27 heavy (non-hydrogen) atoms. The molecule has 3 aromatic heterocycles. The zero-order valence-electron chi connectivity index (χ0n) is 15.1. The van der Waals surface area contributed by atoms with Crippen molar-refractivity contribution in [2.75, 3.05) is 12.4 Å². The van der Waals surface area contributed by atoms with Crippen molar-refractivity contribution in [3.63, 3.8) is 0 Å². The molecule has 7 heteroatoms. The number of pyridine rings is 2. The Bertz CT molecular complexity index is 1070. The number of anilines is 1. The van der Waals surface area contributed by atoms with E-state index in [1.54, 1.807) is 25.6 Å². The summed E-state index contributed by atoms with van der Waals surface area (Å²) in [6, 6.07) is 7.41. The van der Waals surface area contributed by atoms with Gasteiger partial charge >= 0.3 is 0 Å². The molecule has 3 heterocycles. The van der Waals surface area contributed by atoms with E-state index in [0.29, 0.717) is 22.8 Å². The van der Waals surface area contributed by atoms with Gasteiger partial charge in [-0.15, -0.1) is 0 Å². The number of ether oxygens (including phenoxy) is 1. The molecule has 0 saturated carbocycles. The number of carbonyl (C=O) groups excluding carboxylic acids is 1. The molecule has 3 aromatic rings. The quantitative estimate of drug-likeness (QED) is 0.771. The molecule has 0 atom stereocenters. The third kappa shape index (κ3) is 3.19. The Morgan fingerprint density at radius 2 is 2.04 bits per heavy atom. The Morgan fingerprint density at radius 3 is 2.81 bits per heavy atom. The van der Waals surface area contributed by atoms with Crippen LogP contribution in [0, 0.1) is 0 Å². The topological polar surface area (TPSA) is 81.9 Å². The summed E-state index contributed by atoms with van der Waals surface area (Å²) in [7, 11) is 3.46. The van der Waals surface area contributed by atoms with Gasteiger partial charge in [0.25, 0.3) is 5.91 Å². The molecule has 0 aliphatic heterocycles. The number of hydrogen-bond donors (Lipinski definition) is 1. The molecule has 7 nitrogen and oxygen atoms in total. The molecule has 1 N–H and O–H groups in total. The summed E-state index contributed by atoms with van der Waals surface area (Å²) in [5.41, 5.74) is 2.88. The van der Waals surface area contributed by atoms with Crippen LogP contribution in [0.2, 0.25) is 0 Å². The van der Waals surface area contributed by atoms with Crippen LogP contribution in [0.25, 0.3) is 22.6 Å². The van der Waals surface area contributed by atoms with Crippen molar-refractivity contribution >= 4 is 22.9 Å². The molecule has 1 aliphatic rings. The standard InChI is InChI=1S/C20H19N5O2/c1-25-18(13-6-5-11-21-12-13)22-15-9-10-17(23-19(15)25)24-20(26)14-7-3-4-8-16(14)27-2/h5-12H,3-4H2,1-2H3,(H,23,24,26). The average molecular weight is 361 g/mol. The largest absolute Gasteiger partial charge is 0.496 e.